The van der Waals surface area contributed by atoms with Crippen molar-refractivity contribution >= 4 is 31.8 Å². The predicted molar refractivity (Wildman–Crippen MR) is 76.9 cm³/mol. The number of hydrogen-bond donors (Lipinski definition) is 3. The van der Waals surface area contributed by atoms with Gasteiger partial charge < -0.3 is 5.43 Å². The Bertz CT molecular complexity index is 584. The van der Waals surface area contributed by atoms with Crippen molar-refractivity contribution in [3.63, 3.8) is 0 Å². The van der Waals surface area contributed by atoms with E-state index in [4.69, 9.17) is 5.84 Å². The second-order valence-corrected chi connectivity index (χ2v) is 7.81. The number of nitrogens with two attached hydrogens (primary N) is 1. The zero-order valence-corrected chi connectivity index (χ0v) is 13.2. The Kier molecular flexibility index (Phi) is 3.87. The maximum atomic E-state index is 12.4. The molecule has 19 heavy (non-hydrogen) atoms. The molecule has 0 spiro atoms. The van der Waals surface area contributed by atoms with Gasteiger partial charge in [-0.25, -0.2) is 24.0 Å². The summed E-state index contributed by atoms with van der Waals surface area (Å²) in [5, 5.41) is 0. The Morgan fingerprint density at radius 1 is 1.47 bits per heavy atom. The van der Waals surface area contributed by atoms with E-state index in [1.165, 1.54) is 12.3 Å². The van der Waals surface area contributed by atoms with Crippen LogP contribution in [0.2, 0.25) is 0 Å². The molecule has 0 aliphatic heterocycles. The summed E-state index contributed by atoms with van der Waals surface area (Å²) in [6, 6.07) is 1.48. The molecule has 1 aromatic heterocycles. The highest BCUT2D eigenvalue weighted by Crippen LogP contribution is 2.40. The van der Waals surface area contributed by atoms with E-state index in [1.54, 1.807) is 0 Å². The molecular weight excluding hydrogens is 332 g/mol. The second-order valence-electron chi connectivity index (χ2n) is 5.25. The lowest BCUT2D eigenvalue weighted by Crippen LogP contribution is -2.45. The molecule has 106 valence electrons. The number of sulfonamides is 1. The van der Waals surface area contributed by atoms with E-state index >= 15 is 0 Å². The summed E-state index contributed by atoms with van der Waals surface area (Å²) >= 11 is 3.22. The van der Waals surface area contributed by atoms with Crippen molar-refractivity contribution in [2.75, 3.05) is 5.43 Å². The Hall–Kier alpha value is -0.700. The van der Waals surface area contributed by atoms with Gasteiger partial charge in [0.1, 0.15) is 4.90 Å². The third-order valence-electron chi connectivity index (χ3n) is 3.24. The van der Waals surface area contributed by atoms with Crippen LogP contribution < -0.4 is 16.0 Å². The van der Waals surface area contributed by atoms with Gasteiger partial charge in [0.2, 0.25) is 10.0 Å². The van der Waals surface area contributed by atoms with E-state index in [-0.39, 0.29) is 10.7 Å². The first-order chi connectivity index (χ1) is 8.76. The first-order valence-corrected chi connectivity index (χ1v) is 8.20. The molecule has 6 nitrogen and oxygen atoms in total. The lowest BCUT2D eigenvalue weighted by molar-refractivity contribution is 0.400. The fraction of sp³-hybridized carbons (Fsp3) is 0.545. The maximum absolute atomic E-state index is 12.4. The van der Waals surface area contributed by atoms with Gasteiger partial charge in [-0.2, -0.15) is 0 Å². The van der Waals surface area contributed by atoms with E-state index in [9.17, 15) is 8.42 Å². The molecule has 8 heteroatoms. The standard InChI is InChI=1S/C11H17BrN4O2S/c1-11(2,7-3-4-7)16-19(17,18)9-5-8(12)6-14-10(9)15-13/h5-7,16H,3-4,13H2,1-2H3,(H,14,15). The number of anilines is 1. The van der Waals surface area contributed by atoms with Gasteiger partial charge in [0.15, 0.2) is 5.82 Å². The molecule has 0 unspecified atom stereocenters. The van der Waals surface area contributed by atoms with Crippen molar-refractivity contribution in [3.8, 4) is 0 Å². The van der Waals surface area contributed by atoms with Crippen LogP contribution in [-0.4, -0.2) is 18.9 Å². The van der Waals surface area contributed by atoms with Crippen molar-refractivity contribution in [1.82, 2.24) is 9.71 Å². The van der Waals surface area contributed by atoms with E-state index in [1.807, 2.05) is 13.8 Å². The fourth-order valence-electron chi connectivity index (χ4n) is 2.02. The van der Waals surface area contributed by atoms with Crippen LogP contribution in [0, 0.1) is 5.92 Å². The number of pyridine rings is 1. The van der Waals surface area contributed by atoms with Gasteiger partial charge in [0.05, 0.1) is 0 Å². The highest BCUT2D eigenvalue weighted by Gasteiger charge is 2.41. The Balaban J connectivity index is 2.36. The number of nitrogen functional groups attached to an aromatic ring is 1. The molecule has 0 aromatic carbocycles. The average molecular weight is 349 g/mol. The quantitative estimate of drug-likeness (QED) is 0.554. The molecule has 0 saturated heterocycles. The molecule has 1 aliphatic rings. The van der Waals surface area contributed by atoms with Crippen LogP contribution in [-0.2, 0) is 10.0 Å². The van der Waals surface area contributed by atoms with E-state index in [0.717, 1.165) is 12.8 Å². The molecule has 0 bridgehead atoms. The summed E-state index contributed by atoms with van der Waals surface area (Å²) in [6.07, 6.45) is 3.59. The zero-order chi connectivity index (χ0) is 14.3. The van der Waals surface area contributed by atoms with Crippen molar-refractivity contribution in [1.29, 1.82) is 0 Å². The molecule has 0 amide bonds. The number of hydrazine groups is 1. The van der Waals surface area contributed by atoms with Crippen LogP contribution in [0.4, 0.5) is 5.82 Å². The number of nitrogens with zero attached hydrogens (tertiary/aromatic N) is 1. The minimum atomic E-state index is -3.67. The summed E-state index contributed by atoms with van der Waals surface area (Å²) < 4.78 is 28.2. The smallest absolute Gasteiger partial charge is 0.244 e. The molecule has 1 aromatic rings. The summed E-state index contributed by atoms with van der Waals surface area (Å²) in [5.41, 5.74) is 1.84. The third kappa shape index (κ3) is 3.25. The number of hydrogen-bond acceptors (Lipinski definition) is 5. The van der Waals surface area contributed by atoms with Gasteiger partial charge in [0, 0.05) is 16.2 Å². The number of aromatic nitrogens is 1. The van der Waals surface area contributed by atoms with Crippen LogP contribution in [0.15, 0.2) is 21.6 Å². The highest BCUT2D eigenvalue weighted by molar-refractivity contribution is 9.10. The minimum absolute atomic E-state index is 0.0399. The van der Waals surface area contributed by atoms with Crippen LogP contribution in [0.5, 0.6) is 0 Å². The van der Waals surface area contributed by atoms with Gasteiger partial charge in [-0.05, 0) is 54.6 Å². The molecular formula is C11H17BrN4O2S. The number of halogens is 1. The van der Waals surface area contributed by atoms with Gasteiger partial charge in [-0.15, -0.1) is 0 Å². The van der Waals surface area contributed by atoms with Crippen molar-refractivity contribution < 1.29 is 8.42 Å². The van der Waals surface area contributed by atoms with Crippen molar-refractivity contribution in [3.05, 3.63) is 16.7 Å². The highest BCUT2D eigenvalue weighted by atomic mass is 79.9. The summed E-state index contributed by atoms with van der Waals surface area (Å²) in [7, 11) is -3.67. The Labute approximate surface area is 121 Å². The third-order valence-corrected chi connectivity index (χ3v) is 5.36. The largest absolute Gasteiger partial charge is 0.307 e. The molecule has 2 rings (SSSR count). The molecule has 1 saturated carbocycles. The first kappa shape index (κ1) is 14.7. The topological polar surface area (TPSA) is 97.1 Å². The van der Waals surface area contributed by atoms with Crippen LogP contribution in [0.25, 0.3) is 0 Å². The predicted octanol–water partition coefficient (Wildman–Crippen LogP) is 1.60. The monoisotopic (exact) mass is 348 g/mol. The summed E-state index contributed by atoms with van der Waals surface area (Å²) in [6.45, 7) is 3.78. The van der Waals surface area contributed by atoms with Gasteiger partial charge in [-0.3, -0.25) is 0 Å². The SMILES string of the molecule is CC(C)(NS(=O)(=O)c1cc(Br)cnc1NN)C1CC1. The summed E-state index contributed by atoms with van der Waals surface area (Å²) in [4.78, 5) is 3.99. The van der Waals surface area contributed by atoms with Crippen molar-refractivity contribution in [2.45, 2.75) is 37.1 Å². The first-order valence-electron chi connectivity index (χ1n) is 5.92. The molecule has 1 aliphatic carbocycles. The minimum Gasteiger partial charge on any atom is -0.307 e. The number of rotatable bonds is 5. The molecule has 1 heterocycles. The van der Waals surface area contributed by atoms with Gasteiger partial charge in [0.25, 0.3) is 0 Å². The number of nitrogens with one attached hydrogen (secondary N) is 2. The molecule has 0 radical (unpaired) electrons. The van der Waals surface area contributed by atoms with Crippen LogP contribution in [0.3, 0.4) is 0 Å². The molecule has 4 N–H and O–H groups in total. The van der Waals surface area contributed by atoms with Gasteiger partial charge in [-0.1, -0.05) is 0 Å². The average Bonchev–Trinajstić information content (AvgIpc) is 3.11. The normalized spacial score (nSPS) is 16.4. The van der Waals surface area contributed by atoms with E-state index < -0.39 is 15.6 Å². The lowest BCUT2D eigenvalue weighted by Gasteiger charge is -2.26. The zero-order valence-electron chi connectivity index (χ0n) is 10.8. The molecule has 0 atom stereocenters. The van der Waals surface area contributed by atoms with Crippen molar-refractivity contribution in [2.24, 2.45) is 11.8 Å². The van der Waals surface area contributed by atoms with Gasteiger partial charge >= 0.3 is 0 Å². The second kappa shape index (κ2) is 5.01. The fourth-order valence-corrected chi connectivity index (χ4v) is 4.12. The Morgan fingerprint density at radius 3 is 2.63 bits per heavy atom. The summed E-state index contributed by atoms with van der Waals surface area (Å²) in [5.74, 6) is 5.83. The molecule has 1 fully saturated rings. The van der Waals surface area contributed by atoms with E-state index in [0.29, 0.717) is 10.4 Å². The Morgan fingerprint density at radius 2 is 2.11 bits per heavy atom. The van der Waals surface area contributed by atoms with Crippen LogP contribution >= 0.6 is 15.9 Å². The lowest BCUT2D eigenvalue weighted by atomic mass is 10.0. The van der Waals surface area contributed by atoms with Crippen LogP contribution in [0.1, 0.15) is 26.7 Å². The maximum Gasteiger partial charge on any atom is 0.244 e. The van der Waals surface area contributed by atoms with E-state index in [2.05, 4.69) is 31.1 Å².